The van der Waals surface area contributed by atoms with Gasteiger partial charge in [0.2, 0.25) is 0 Å². The van der Waals surface area contributed by atoms with E-state index in [1.807, 2.05) is 42.5 Å². The van der Waals surface area contributed by atoms with Gasteiger partial charge in [0.1, 0.15) is 11.9 Å². The Hall–Kier alpha value is -2.54. The fourth-order valence-corrected chi connectivity index (χ4v) is 3.92. The highest BCUT2D eigenvalue weighted by molar-refractivity contribution is 7.18. The van der Waals surface area contributed by atoms with Crippen molar-refractivity contribution in [3.05, 3.63) is 71.9 Å². The van der Waals surface area contributed by atoms with Crippen LogP contribution in [0, 0.1) is 0 Å². The zero-order valence-corrected chi connectivity index (χ0v) is 16.4. The molecule has 0 bridgehead atoms. The van der Waals surface area contributed by atoms with Crippen molar-refractivity contribution in [2.75, 3.05) is 0 Å². The maximum absolute atomic E-state index is 10.5. The second-order valence-corrected chi connectivity index (χ2v) is 8.12. The van der Waals surface area contributed by atoms with E-state index in [0.717, 1.165) is 26.7 Å². The monoisotopic (exact) mass is 396 g/mol. The fourth-order valence-electron chi connectivity index (χ4n) is 2.72. The molecule has 1 aromatic carbocycles. The third-order valence-corrected chi connectivity index (χ3v) is 5.60. The summed E-state index contributed by atoms with van der Waals surface area (Å²) in [4.78, 5) is 10.2. The summed E-state index contributed by atoms with van der Waals surface area (Å²) >= 11 is 8.02. The lowest BCUT2D eigenvalue weighted by Gasteiger charge is -2.13. The van der Waals surface area contributed by atoms with Crippen LogP contribution >= 0.6 is 22.9 Å². The Bertz CT molecular complexity index is 1080. The summed E-state index contributed by atoms with van der Waals surface area (Å²) in [6.45, 7) is 3.44. The number of para-hydroxylation sites is 1. The van der Waals surface area contributed by atoms with Gasteiger partial charge >= 0.3 is 0 Å². The molecule has 5 nitrogen and oxygen atoms in total. The molecule has 7 heteroatoms. The molecule has 136 valence electrons. The van der Waals surface area contributed by atoms with E-state index in [-0.39, 0.29) is 0 Å². The quantitative estimate of drug-likeness (QED) is 0.530. The Labute approximate surface area is 165 Å². The van der Waals surface area contributed by atoms with E-state index in [1.54, 1.807) is 42.3 Å². The molecule has 1 N–H and O–H groups in total. The van der Waals surface area contributed by atoms with Crippen LogP contribution in [0.4, 0.5) is 0 Å². The molecule has 3 heterocycles. The first-order valence-corrected chi connectivity index (χ1v) is 9.56. The number of hydrogen-bond acceptors (Lipinski definition) is 5. The number of benzene rings is 1. The first-order chi connectivity index (χ1) is 12.9. The van der Waals surface area contributed by atoms with Crippen LogP contribution in [0.3, 0.4) is 0 Å². The number of halogens is 1. The predicted octanol–water partition coefficient (Wildman–Crippen LogP) is 4.94. The van der Waals surface area contributed by atoms with E-state index in [1.165, 1.54) is 6.33 Å². The summed E-state index contributed by atoms with van der Waals surface area (Å²) in [6.07, 6.45) is 5.09. The van der Waals surface area contributed by atoms with E-state index < -0.39 is 5.60 Å². The molecular formula is C20H17ClN4OS. The molecule has 0 fully saturated rings. The van der Waals surface area contributed by atoms with Gasteiger partial charge < -0.3 is 5.11 Å². The summed E-state index contributed by atoms with van der Waals surface area (Å²) in [5.41, 5.74) is 2.11. The van der Waals surface area contributed by atoms with Crippen molar-refractivity contribution in [1.82, 2.24) is 19.7 Å². The summed E-state index contributed by atoms with van der Waals surface area (Å²) in [6, 6.07) is 13.5. The minimum atomic E-state index is -1.06. The summed E-state index contributed by atoms with van der Waals surface area (Å²) in [7, 11) is 0. The zero-order valence-electron chi connectivity index (χ0n) is 14.8. The lowest BCUT2D eigenvalue weighted by molar-refractivity contribution is 0.0734. The van der Waals surface area contributed by atoms with E-state index >= 15 is 0 Å². The minimum Gasteiger partial charge on any atom is -0.384 e. The van der Waals surface area contributed by atoms with Crippen LogP contribution in [0.2, 0.25) is 5.02 Å². The van der Waals surface area contributed by atoms with Crippen LogP contribution in [-0.2, 0) is 5.60 Å². The van der Waals surface area contributed by atoms with Gasteiger partial charge in [0.15, 0.2) is 0 Å². The van der Waals surface area contributed by atoms with Gasteiger partial charge in [0.05, 0.1) is 27.0 Å². The van der Waals surface area contributed by atoms with Gasteiger partial charge in [-0.3, -0.25) is 0 Å². The van der Waals surface area contributed by atoms with Crippen molar-refractivity contribution in [1.29, 1.82) is 0 Å². The number of aromatic nitrogens is 4. The normalized spacial score (nSPS) is 11.7. The first kappa shape index (κ1) is 17.9. The largest absolute Gasteiger partial charge is 0.384 e. The average molecular weight is 397 g/mol. The Kier molecular flexibility index (Phi) is 4.55. The van der Waals surface area contributed by atoms with Crippen molar-refractivity contribution in [3.8, 4) is 26.7 Å². The highest BCUT2D eigenvalue weighted by Crippen LogP contribution is 2.37. The Balaban J connectivity index is 1.86. The van der Waals surface area contributed by atoms with Crippen molar-refractivity contribution in [3.63, 3.8) is 0 Å². The molecule has 4 rings (SSSR count). The molecule has 0 radical (unpaired) electrons. The molecule has 3 aromatic heterocycles. The Morgan fingerprint density at radius 2 is 1.74 bits per heavy atom. The van der Waals surface area contributed by atoms with Gasteiger partial charge in [0.25, 0.3) is 0 Å². The molecule has 0 saturated carbocycles. The standard InChI is InChI=1S/C20H17ClN4OS/c1-20(2,26)19-9-16(25(24-19)15-6-4-3-5-14(15)21)18-8-7-17(27-18)13-10-22-12-23-11-13/h3-12,26H,1-2H3. The van der Waals surface area contributed by atoms with Crippen LogP contribution in [0.15, 0.2) is 61.2 Å². The molecule has 0 aliphatic carbocycles. The third-order valence-electron chi connectivity index (χ3n) is 4.12. The zero-order chi connectivity index (χ0) is 19.0. The van der Waals surface area contributed by atoms with Crippen molar-refractivity contribution in [2.45, 2.75) is 19.4 Å². The number of hydrogen-bond donors (Lipinski definition) is 1. The van der Waals surface area contributed by atoms with Gasteiger partial charge in [-0.05, 0) is 44.2 Å². The smallest absolute Gasteiger partial charge is 0.115 e. The van der Waals surface area contributed by atoms with E-state index in [2.05, 4.69) is 15.1 Å². The van der Waals surface area contributed by atoms with E-state index in [0.29, 0.717) is 10.7 Å². The van der Waals surface area contributed by atoms with Crippen LogP contribution in [0.5, 0.6) is 0 Å². The minimum absolute atomic E-state index is 0.579. The second kappa shape index (κ2) is 6.88. The van der Waals surface area contributed by atoms with Crippen LogP contribution in [-0.4, -0.2) is 24.9 Å². The predicted molar refractivity (Wildman–Crippen MR) is 108 cm³/mol. The molecule has 0 aliphatic heterocycles. The molecule has 27 heavy (non-hydrogen) atoms. The number of aliphatic hydroxyl groups is 1. The second-order valence-electron chi connectivity index (χ2n) is 6.63. The maximum atomic E-state index is 10.5. The van der Waals surface area contributed by atoms with E-state index in [9.17, 15) is 5.11 Å². The molecule has 0 spiro atoms. The fraction of sp³-hybridized carbons (Fsp3) is 0.150. The highest BCUT2D eigenvalue weighted by Gasteiger charge is 2.24. The average Bonchev–Trinajstić information content (AvgIpc) is 3.30. The maximum Gasteiger partial charge on any atom is 0.115 e. The van der Waals surface area contributed by atoms with Crippen molar-refractivity contribution in [2.24, 2.45) is 0 Å². The van der Waals surface area contributed by atoms with E-state index in [4.69, 9.17) is 11.6 Å². The Morgan fingerprint density at radius 1 is 1.04 bits per heavy atom. The van der Waals surface area contributed by atoms with Gasteiger partial charge in [0, 0.05) is 22.8 Å². The molecule has 0 aliphatic rings. The van der Waals surface area contributed by atoms with Gasteiger partial charge in [-0.25, -0.2) is 14.6 Å². The lowest BCUT2D eigenvalue weighted by Crippen LogP contribution is -2.16. The molecule has 0 unspecified atom stereocenters. The first-order valence-electron chi connectivity index (χ1n) is 8.37. The van der Waals surface area contributed by atoms with Crippen molar-refractivity contribution >= 4 is 22.9 Å². The number of nitrogens with zero attached hydrogens (tertiary/aromatic N) is 4. The highest BCUT2D eigenvalue weighted by atomic mass is 35.5. The molecule has 0 atom stereocenters. The molecular weight excluding hydrogens is 380 g/mol. The van der Waals surface area contributed by atoms with Gasteiger partial charge in [-0.2, -0.15) is 5.10 Å². The van der Waals surface area contributed by atoms with Gasteiger partial charge in [-0.1, -0.05) is 23.7 Å². The Morgan fingerprint density at radius 3 is 2.44 bits per heavy atom. The van der Waals surface area contributed by atoms with Crippen LogP contribution in [0.1, 0.15) is 19.5 Å². The third kappa shape index (κ3) is 3.51. The SMILES string of the molecule is CC(C)(O)c1cc(-c2ccc(-c3cncnc3)s2)n(-c2ccccc2Cl)n1. The molecule has 0 amide bonds. The lowest BCUT2D eigenvalue weighted by atomic mass is 10.1. The van der Waals surface area contributed by atoms with Crippen LogP contribution < -0.4 is 0 Å². The summed E-state index contributed by atoms with van der Waals surface area (Å²) in [5, 5.41) is 15.7. The van der Waals surface area contributed by atoms with Crippen LogP contribution in [0.25, 0.3) is 26.7 Å². The van der Waals surface area contributed by atoms with Gasteiger partial charge in [-0.15, -0.1) is 11.3 Å². The summed E-state index contributed by atoms with van der Waals surface area (Å²) in [5.74, 6) is 0. The number of rotatable bonds is 4. The summed E-state index contributed by atoms with van der Waals surface area (Å²) < 4.78 is 1.78. The topological polar surface area (TPSA) is 63.8 Å². The molecule has 0 saturated heterocycles. The molecule has 4 aromatic rings. The number of thiophene rings is 1. The van der Waals surface area contributed by atoms with Crippen molar-refractivity contribution < 1.29 is 5.11 Å².